The summed E-state index contributed by atoms with van der Waals surface area (Å²) in [5.41, 5.74) is 0. The minimum Gasteiger partial charge on any atom is -0.495 e. The van der Waals surface area contributed by atoms with Crippen molar-refractivity contribution < 1.29 is 14.6 Å². The van der Waals surface area contributed by atoms with Crippen LogP contribution < -0.4 is 4.74 Å². The third-order valence-electron chi connectivity index (χ3n) is 2.04. The van der Waals surface area contributed by atoms with Gasteiger partial charge in [0, 0.05) is 0 Å². The number of carboxylic acid groups (broad SMARTS) is 1. The predicted octanol–water partition coefficient (Wildman–Crippen LogP) is 2.29. The summed E-state index contributed by atoms with van der Waals surface area (Å²) in [6.45, 7) is 3.77. The van der Waals surface area contributed by atoms with Gasteiger partial charge in [0.25, 0.3) is 0 Å². The molecule has 1 atom stereocenters. The van der Waals surface area contributed by atoms with Crippen LogP contribution in [0.5, 0.6) is 5.75 Å². The van der Waals surface area contributed by atoms with E-state index in [0.29, 0.717) is 10.8 Å². The van der Waals surface area contributed by atoms with Crippen molar-refractivity contribution in [3.63, 3.8) is 0 Å². The van der Waals surface area contributed by atoms with Gasteiger partial charge < -0.3 is 9.84 Å². The lowest BCUT2D eigenvalue weighted by Gasteiger charge is -2.14. The van der Waals surface area contributed by atoms with Gasteiger partial charge in [0.1, 0.15) is 11.0 Å². The van der Waals surface area contributed by atoms with E-state index in [0.717, 1.165) is 0 Å². The second-order valence-electron chi connectivity index (χ2n) is 3.66. The van der Waals surface area contributed by atoms with Gasteiger partial charge in [0.2, 0.25) is 0 Å². The van der Waals surface area contributed by atoms with Crippen molar-refractivity contribution in [3.05, 3.63) is 18.3 Å². The normalized spacial score (nSPS) is 12.5. The number of rotatable bonds is 5. The molecule has 4 nitrogen and oxygen atoms in total. The number of ether oxygens (including phenoxy) is 1. The van der Waals surface area contributed by atoms with Crippen molar-refractivity contribution in [1.82, 2.24) is 4.98 Å². The van der Waals surface area contributed by atoms with Gasteiger partial charge in [0.15, 0.2) is 0 Å². The Hall–Kier alpha value is -1.23. The fourth-order valence-corrected chi connectivity index (χ4v) is 2.05. The lowest BCUT2D eigenvalue weighted by atomic mass is 10.1. The molecule has 88 valence electrons. The maximum Gasteiger partial charge on any atom is 0.317 e. The van der Waals surface area contributed by atoms with Gasteiger partial charge in [-0.2, -0.15) is 0 Å². The predicted molar refractivity (Wildman–Crippen MR) is 62.9 cm³/mol. The monoisotopic (exact) mass is 241 g/mol. The summed E-state index contributed by atoms with van der Waals surface area (Å²) in [6.07, 6.45) is 1.58. The van der Waals surface area contributed by atoms with Gasteiger partial charge >= 0.3 is 5.97 Å². The fourth-order valence-electron chi connectivity index (χ4n) is 1.16. The Kier molecular flexibility index (Phi) is 4.61. The summed E-state index contributed by atoms with van der Waals surface area (Å²) in [7, 11) is 1.57. The van der Waals surface area contributed by atoms with Gasteiger partial charge in [0.05, 0.1) is 18.3 Å². The van der Waals surface area contributed by atoms with E-state index in [1.165, 1.54) is 11.8 Å². The van der Waals surface area contributed by atoms with E-state index in [2.05, 4.69) is 4.98 Å². The molecule has 0 saturated carbocycles. The van der Waals surface area contributed by atoms with E-state index in [1.807, 2.05) is 13.8 Å². The van der Waals surface area contributed by atoms with Gasteiger partial charge in [-0.1, -0.05) is 25.6 Å². The number of hydrogen-bond acceptors (Lipinski definition) is 4. The standard InChI is InChI=1S/C11H15NO3S/c1-7(2)10(11(13)14)16-9-5-4-8(15-3)6-12-9/h4-7,10H,1-3H3,(H,13,14). The summed E-state index contributed by atoms with van der Waals surface area (Å²) in [5, 5.41) is 9.26. The maximum absolute atomic E-state index is 11.0. The highest BCUT2D eigenvalue weighted by Crippen LogP contribution is 2.27. The van der Waals surface area contributed by atoms with Gasteiger partial charge in [-0.3, -0.25) is 4.79 Å². The van der Waals surface area contributed by atoms with Crippen LogP contribution in [-0.2, 0) is 4.79 Å². The maximum atomic E-state index is 11.0. The third-order valence-corrected chi connectivity index (χ3v) is 3.52. The largest absolute Gasteiger partial charge is 0.495 e. The molecule has 1 unspecified atom stereocenters. The quantitative estimate of drug-likeness (QED) is 0.801. The lowest BCUT2D eigenvalue weighted by Crippen LogP contribution is -2.22. The number of thioether (sulfide) groups is 1. The summed E-state index contributed by atoms with van der Waals surface area (Å²) in [6, 6.07) is 3.54. The van der Waals surface area contributed by atoms with Crippen molar-refractivity contribution in [2.24, 2.45) is 5.92 Å². The van der Waals surface area contributed by atoms with Crippen LogP contribution in [0.25, 0.3) is 0 Å². The Balaban J connectivity index is 2.74. The first-order chi connectivity index (χ1) is 7.54. The zero-order valence-corrected chi connectivity index (χ0v) is 10.3. The Labute approximate surface area is 99.0 Å². The van der Waals surface area contributed by atoms with Crippen LogP contribution >= 0.6 is 11.8 Å². The molecule has 0 saturated heterocycles. The molecule has 1 aromatic rings. The van der Waals surface area contributed by atoms with Crippen molar-refractivity contribution in [1.29, 1.82) is 0 Å². The molecular formula is C11H15NO3S. The average molecular weight is 241 g/mol. The van der Waals surface area contributed by atoms with Gasteiger partial charge in [-0.05, 0) is 18.1 Å². The van der Waals surface area contributed by atoms with Gasteiger partial charge in [-0.15, -0.1) is 0 Å². The molecule has 16 heavy (non-hydrogen) atoms. The molecule has 5 heteroatoms. The van der Waals surface area contributed by atoms with Crippen LogP contribution in [0.1, 0.15) is 13.8 Å². The summed E-state index contributed by atoms with van der Waals surface area (Å²) >= 11 is 1.26. The number of hydrogen-bond donors (Lipinski definition) is 1. The molecule has 1 rings (SSSR count). The van der Waals surface area contributed by atoms with E-state index < -0.39 is 11.2 Å². The molecule has 0 aromatic carbocycles. The molecular weight excluding hydrogens is 226 g/mol. The number of methoxy groups -OCH3 is 1. The second kappa shape index (κ2) is 5.75. The zero-order chi connectivity index (χ0) is 12.1. The number of aromatic nitrogens is 1. The van der Waals surface area contributed by atoms with E-state index >= 15 is 0 Å². The van der Waals surface area contributed by atoms with Crippen LogP contribution in [0.4, 0.5) is 0 Å². The minimum absolute atomic E-state index is 0.0615. The lowest BCUT2D eigenvalue weighted by molar-refractivity contribution is -0.137. The van der Waals surface area contributed by atoms with Crippen LogP contribution in [-0.4, -0.2) is 28.4 Å². The zero-order valence-electron chi connectivity index (χ0n) is 9.51. The molecule has 1 N–H and O–H groups in total. The van der Waals surface area contributed by atoms with Crippen LogP contribution in [0.3, 0.4) is 0 Å². The van der Waals surface area contributed by atoms with Crippen molar-refractivity contribution >= 4 is 17.7 Å². The molecule has 1 aromatic heterocycles. The second-order valence-corrected chi connectivity index (χ2v) is 4.82. The van der Waals surface area contributed by atoms with Crippen LogP contribution in [0, 0.1) is 5.92 Å². The van der Waals surface area contributed by atoms with E-state index in [1.54, 1.807) is 25.4 Å². The Bertz CT molecular complexity index is 351. The highest BCUT2D eigenvalue weighted by atomic mass is 32.2. The molecule has 1 heterocycles. The van der Waals surface area contributed by atoms with Crippen molar-refractivity contribution in [2.75, 3.05) is 7.11 Å². The highest BCUT2D eigenvalue weighted by molar-refractivity contribution is 8.00. The number of aliphatic carboxylic acids is 1. The van der Waals surface area contributed by atoms with Crippen LogP contribution in [0.2, 0.25) is 0 Å². The SMILES string of the molecule is COc1ccc(SC(C(=O)O)C(C)C)nc1. The number of carbonyl (C=O) groups is 1. The Morgan fingerprint density at radius 3 is 2.56 bits per heavy atom. The van der Waals surface area contributed by atoms with Gasteiger partial charge in [-0.25, -0.2) is 4.98 Å². The van der Waals surface area contributed by atoms with Crippen molar-refractivity contribution in [2.45, 2.75) is 24.1 Å². The first kappa shape index (κ1) is 12.8. The summed E-state index contributed by atoms with van der Waals surface area (Å²) in [5.74, 6) is -0.0789. The molecule has 0 aliphatic rings. The van der Waals surface area contributed by atoms with E-state index in [-0.39, 0.29) is 5.92 Å². The fraction of sp³-hybridized carbons (Fsp3) is 0.455. The number of carboxylic acids is 1. The average Bonchev–Trinajstić information content (AvgIpc) is 2.25. The van der Waals surface area contributed by atoms with Crippen LogP contribution in [0.15, 0.2) is 23.4 Å². The van der Waals surface area contributed by atoms with Crippen molar-refractivity contribution in [3.8, 4) is 5.75 Å². The van der Waals surface area contributed by atoms with E-state index in [4.69, 9.17) is 9.84 Å². The molecule has 0 bridgehead atoms. The number of nitrogens with zero attached hydrogens (tertiary/aromatic N) is 1. The minimum atomic E-state index is -0.808. The molecule has 0 fully saturated rings. The topological polar surface area (TPSA) is 59.4 Å². The number of pyridine rings is 1. The Morgan fingerprint density at radius 2 is 2.19 bits per heavy atom. The third kappa shape index (κ3) is 3.41. The molecule has 0 amide bonds. The molecule has 0 radical (unpaired) electrons. The molecule has 0 spiro atoms. The smallest absolute Gasteiger partial charge is 0.317 e. The summed E-state index contributed by atoms with van der Waals surface area (Å²) in [4.78, 5) is 15.1. The summed E-state index contributed by atoms with van der Waals surface area (Å²) < 4.78 is 4.98. The first-order valence-electron chi connectivity index (χ1n) is 4.94. The highest BCUT2D eigenvalue weighted by Gasteiger charge is 2.23. The molecule has 0 aliphatic carbocycles. The Morgan fingerprint density at radius 1 is 1.50 bits per heavy atom. The van der Waals surface area contributed by atoms with E-state index in [9.17, 15) is 4.79 Å². The molecule has 0 aliphatic heterocycles. The first-order valence-corrected chi connectivity index (χ1v) is 5.82.